The lowest BCUT2D eigenvalue weighted by atomic mass is 10.2. The van der Waals surface area contributed by atoms with E-state index in [1.807, 2.05) is 19.9 Å². The highest BCUT2D eigenvalue weighted by Gasteiger charge is 2.11. The smallest absolute Gasteiger partial charge is 0.257 e. The molecule has 1 heterocycles. The molecule has 3 amide bonds. The van der Waals surface area contributed by atoms with Gasteiger partial charge in [-0.15, -0.1) is 11.3 Å². The molecule has 0 spiro atoms. The zero-order chi connectivity index (χ0) is 18.9. The number of thiazole rings is 1. The molecule has 0 aliphatic heterocycles. The number of hydrogen-bond acceptors (Lipinski definition) is 5. The topological polar surface area (TPSA) is 100 Å². The minimum atomic E-state index is -0.239. The van der Waals surface area contributed by atoms with E-state index in [2.05, 4.69) is 20.9 Å². The molecule has 1 aromatic heterocycles. The van der Waals surface area contributed by atoms with Gasteiger partial charge in [-0.3, -0.25) is 19.7 Å². The molecule has 0 aliphatic carbocycles. The predicted octanol–water partition coefficient (Wildman–Crippen LogP) is 1.83. The highest BCUT2D eigenvalue weighted by molar-refractivity contribution is 7.14. The van der Waals surface area contributed by atoms with Gasteiger partial charge in [0.05, 0.1) is 12.1 Å². The standard InChI is InChI=1S/C18H22N4O3S/c1-12(2)16(24)20-9-8-19-15(23)10-14-11-26-18(21-14)22-17(25)13-6-4-3-5-7-13/h3-7,11-12H,8-10H2,1-2H3,(H,19,23)(H,20,24)(H,21,22,25). The average Bonchev–Trinajstić information content (AvgIpc) is 3.05. The molecular formula is C18H22N4O3S. The van der Waals surface area contributed by atoms with Gasteiger partial charge in [-0.05, 0) is 12.1 Å². The molecule has 138 valence electrons. The first kappa shape index (κ1) is 19.6. The summed E-state index contributed by atoms with van der Waals surface area (Å²) in [4.78, 5) is 39.6. The van der Waals surface area contributed by atoms with E-state index >= 15 is 0 Å². The Balaban J connectivity index is 1.74. The number of rotatable bonds is 8. The highest BCUT2D eigenvalue weighted by Crippen LogP contribution is 2.16. The molecule has 0 aliphatic rings. The van der Waals surface area contributed by atoms with Crippen LogP contribution in [0.25, 0.3) is 0 Å². The van der Waals surface area contributed by atoms with Gasteiger partial charge < -0.3 is 10.6 Å². The van der Waals surface area contributed by atoms with Crippen molar-refractivity contribution in [2.75, 3.05) is 18.4 Å². The lowest BCUT2D eigenvalue weighted by Crippen LogP contribution is -2.36. The quantitative estimate of drug-likeness (QED) is 0.614. The van der Waals surface area contributed by atoms with E-state index in [0.29, 0.717) is 29.5 Å². The van der Waals surface area contributed by atoms with Crippen LogP contribution in [0, 0.1) is 5.92 Å². The lowest BCUT2D eigenvalue weighted by Gasteiger charge is -2.08. The van der Waals surface area contributed by atoms with Gasteiger partial charge in [0.2, 0.25) is 11.8 Å². The molecule has 0 fully saturated rings. The first-order valence-electron chi connectivity index (χ1n) is 8.31. The molecular weight excluding hydrogens is 352 g/mol. The van der Waals surface area contributed by atoms with E-state index in [1.165, 1.54) is 11.3 Å². The third-order valence-corrected chi connectivity index (χ3v) is 4.23. The van der Waals surface area contributed by atoms with Gasteiger partial charge in [0.25, 0.3) is 5.91 Å². The summed E-state index contributed by atoms with van der Waals surface area (Å²) in [5.74, 6) is -0.547. The number of amides is 3. The maximum Gasteiger partial charge on any atom is 0.257 e. The molecule has 2 rings (SSSR count). The number of nitrogens with zero attached hydrogens (tertiary/aromatic N) is 1. The van der Waals surface area contributed by atoms with Crippen molar-refractivity contribution >= 4 is 34.2 Å². The zero-order valence-corrected chi connectivity index (χ0v) is 15.6. The number of aromatic nitrogens is 1. The number of carbonyl (C=O) groups is 3. The van der Waals surface area contributed by atoms with Crippen LogP contribution in [0.3, 0.4) is 0 Å². The summed E-state index contributed by atoms with van der Waals surface area (Å²) in [6.07, 6.45) is 0.121. The largest absolute Gasteiger partial charge is 0.354 e. The van der Waals surface area contributed by atoms with Crippen LogP contribution in [-0.4, -0.2) is 35.8 Å². The van der Waals surface area contributed by atoms with Crippen molar-refractivity contribution in [1.82, 2.24) is 15.6 Å². The first-order chi connectivity index (χ1) is 12.5. The van der Waals surface area contributed by atoms with Gasteiger partial charge in [-0.2, -0.15) is 0 Å². The van der Waals surface area contributed by atoms with Gasteiger partial charge >= 0.3 is 0 Å². The van der Waals surface area contributed by atoms with Gasteiger partial charge in [0.15, 0.2) is 5.13 Å². The second-order valence-electron chi connectivity index (χ2n) is 5.94. The van der Waals surface area contributed by atoms with Crippen LogP contribution in [0.5, 0.6) is 0 Å². The Labute approximate surface area is 156 Å². The lowest BCUT2D eigenvalue weighted by molar-refractivity contribution is -0.124. The molecule has 26 heavy (non-hydrogen) atoms. The summed E-state index contributed by atoms with van der Waals surface area (Å²) in [6, 6.07) is 8.85. The van der Waals surface area contributed by atoms with Crippen molar-refractivity contribution in [3.63, 3.8) is 0 Å². The Morgan fingerprint density at radius 2 is 1.77 bits per heavy atom. The van der Waals surface area contributed by atoms with Crippen molar-refractivity contribution in [2.45, 2.75) is 20.3 Å². The fourth-order valence-electron chi connectivity index (χ4n) is 2.02. The average molecular weight is 374 g/mol. The molecule has 0 radical (unpaired) electrons. The van der Waals surface area contributed by atoms with Crippen LogP contribution in [0.2, 0.25) is 0 Å². The number of nitrogens with one attached hydrogen (secondary N) is 3. The van der Waals surface area contributed by atoms with Crippen molar-refractivity contribution in [2.24, 2.45) is 5.92 Å². The van der Waals surface area contributed by atoms with Crippen LogP contribution in [0.4, 0.5) is 5.13 Å². The first-order valence-corrected chi connectivity index (χ1v) is 9.19. The maximum absolute atomic E-state index is 12.1. The van der Waals surface area contributed by atoms with Crippen LogP contribution < -0.4 is 16.0 Å². The second-order valence-corrected chi connectivity index (χ2v) is 6.79. The molecule has 1 aromatic carbocycles. The SMILES string of the molecule is CC(C)C(=O)NCCNC(=O)Cc1csc(NC(=O)c2ccccc2)n1. The Hall–Kier alpha value is -2.74. The Bertz CT molecular complexity index is 759. The summed E-state index contributed by atoms with van der Waals surface area (Å²) >= 11 is 1.27. The summed E-state index contributed by atoms with van der Waals surface area (Å²) in [5, 5.41) is 10.4. The minimum absolute atomic E-state index is 0.0439. The van der Waals surface area contributed by atoms with Gasteiger partial charge in [-0.25, -0.2) is 4.98 Å². The van der Waals surface area contributed by atoms with E-state index in [1.54, 1.807) is 29.6 Å². The van der Waals surface area contributed by atoms with Crippen LogP contribution >= 0.6 is 11.3 Å². The highest BCUT2D eigenvalue weighted by atomic mass is 32.1. The second kappa shape index (κ2) is 9.67. The van der Waals surface area contributed by atoms with Crippen molar-refractivity contribution in [3.05, 3.63) is 47.0 Å². The molecule has 7 nitrogen and oxygen atoms in total. The Morgan fingerprint density at radius 1 is 1.08 bits per heavy atom. The summed E-state index contributed by atoms with van der Waals surface area (Å²) in [5.41, 5.74) is 1.13. The molecule has 3 N–H and O–H groups in total. The minimum Gasteiger partial charge on any atom is -0.354 e. The van der Waals surface area contributed by atoms with Crippen LogP contribution in [0.1, 0.15) is 29.9 Å². The van der Waals surface area contributed by atoms with Crippen molar-refractivity contribution in [1.29, 1.82) is 0 Å². The van der Waals surface area contributed by atoms with Crippen molar-refractivity contribution in [3.8, 4) is 0 Å². The van der Waals surface area contributed by atoms with Crippen molar-refractivity contribution < 1.29 is 14.4 Å². The Kier molecular flexibility index (Phi) is 7.28. The van der Waals surface area contributed by atoms with Gasteiger partial charge in [0, 0.05) is 30.0 Å². The zero-order valence-electron chi connectivity index (χ0n) is 14.7. The maximum atomic E-state index is 12.1. The number of anilines is 1. The molecule has 8 heteroatoms. The van der Waals surface area contributed by atoms with Crippen LogP contribution in [-0.2, 0) is 16.0 Å². The number of carbonyl (C=O) groups excluding carboxylic acids is 3. The monoisotopic (exact) mass is 374 g/mol. The van der Waals surface area contributed by atoms with E-state index in [9.17, 15) is 14.4 Å². The van der Waals surface area contributed by atoms with E-state index in [4.69, 9.17) is 0 Å². The van der Waals surface area contributed by atoms with E-state index < -0.39 is 0 Å². The molecule has 0 bridgehead atoms. The normalized spacial score (nSPS) is 10.4. The number of hydrogen-bond donors (Lipinski definition) is 3. The third kappa shape index (κ3) is 6.29. The summed E-state index contributed by atoms with van der Waals surface area (Å²) in [7, 11) is 0. The molecule has 0 atom stereocenters. The molecule has 2 aromatic rings. The number of benzene rings is 1. The van der Waals surface area contributed by atoms with E-state index in [0.717, 1.165) is 0 Å². The summed E-state index contributed by atoms with van der Waals surface area (Å²) in [6.45, 7) is 4.37. The Morgan fingerprint density at radius 3 is 2.46 bits per heavy atom. The summed E-state index contributed by atoms with van der Waals surface area (Å²) < 4.78 is 0. The fraction of sp³-hybridized carbons (Fsp3) is 0.333. The van der Waals surface area contributed by atoms with Gasteiger partial charge in [0.1, 0.15) is 0 Å². The van der Waals surface area contributed by atoms with Crippen LogP contribution in [0.15, 0.2) is 35.7 Å². The van der Waals surface area contributed by atoms with Gasteiger partial charge in [-0.1, -0.05) is 32.0 Å². The molecule has 0 saturated heterocycles. The fourth-order valence-corrected chi connectivity index (χ4v) is 2.73. The predicted molar refractivity (Wildman–Crippen MR) is 101 cm³/mol. The molecule has 0 unspecified atom stereocenters. The third-order valence-electron chi connectivity index (χ3n) is 3.42. The molecule has 0 saturated carbocycles. The van der Waals surface area contributed by atoms with E-state index in [-0.39, 0.29) is 30.1 Å².